The molecule has 1 saturated heterocycles. The lowest BCUT2D eigenvalue weighted by atomic mass is 9.88. The van der Waals surface area contributed by atoms with E-state index in [0.29, 0.717) is 11.5 Å². The van der Waals surface area contributed by atoms with Crippen LogP contribution >= 0.6 is 0 Å². The van der Waals surface area contributed by atoms with E-state index in [-0.39, 0.29) is 0 Å². The maximum Gasteiger partial charge on any atom is 0.0644 e. The average Bonchev–Trinajstić information content (AvgIpc) is 2.59. The van der Waals surface area contributed by atoms with Crippen molar-refractivity contribution in [3.8, 4) is 0 Å². The Kier molecular flexibility index (Phi) is 3.78. The number of hydrogen-bond donors (Lipinski definition) is 1. The fourth-order valence-electron chi connectivity index (χ4n) is 2.70. The third kappa shape index (κ3) is 2.45. The minimum atomic E-state index is 0.316. The summed E-state index contributed by atoms with van der Waals surface area (Å²) in [6, 6.07) is 0.350. The topological polar surface area (TPSA) is 39.1 Å². The van der Waals surface area contributed by atoms with Crippen molar-refractivity contribution in [1.82, 2.24) is 15.1 Å². The first kappa shape index (κ1) is 13.6. The van der Waals surface area contributed by atoms with Crippen LogP contribution in [0.4, 0.5) is 0 Å². The number of hydrogen-bond acceptors (Lipinski definition) is 3. The van der Waals surface area contributed by atoms with Crippen LogP contribution in [-0.2, 0) is 11.3 Å². The molecule has 4 nitrogen and oxygen atoms in total. The van der Waals surface area contributed by atoms with Gasteiger partial charge in [0, 0.05) is 35.8 Å². The maximum atomic E-state index is 5.29. The van der Waals surface area contributed by atoms with Crippen LogP contribution in [0.3, 0.4) is 0 Å². The minimum Gasteiger partial charge on any atom is -0.380 e. The van der Waals surface area contributed by atoms with E-state index in [1.165, 1.54) is 11.3 Å². The highest BCUT2D eigenvalue weighted by atomic mass is 16.5. The van der Waals surface area contributed by atoms with E-state index in [9.17, 15) is 0 Å². The maximum absolute atomic E-state index is 5.29. The van der Waals surface area contributed by atoms with E-state index >= 15 is 0 Å². The second-order valence-corrected chi connectivity index (χ2v) is 5.81. The number of ether oxygens (including phenoxy) is 1. The lowest BCUT2D eigenvalue weighted by Gasteiger charge is -2.39. The third-order valence-electron chi connectivity index (χ3n) is 3.91. The van der Waals surface area contributed by atoms with Crippen LogP contribution < -0.4 is 5.32 Å². The smallest absolute Gasteiger partial charge is 0.0644 e. The quantitative estimate of drug-likeness (QED) is 0.872. The summed E-state index contributed by atoms with van der Waals surface area (Å²) in [4.78, 5) is 0. The van der Waals surface area contributed by atoms with Crippen molar-refractivity contribution in [2.24, 2.45) is 5.41 Å². The van der Waals surface area contributed by atoms with E-state index in [2.05, 4.69) is 49.7 Å². The lowest BCUT2D eigenvalue weighted by Crippen LogP contribution is -2.47. The highest BCUT2D eigenvalue weighted by Crippen LogP contribution is 2.27. The van der Waals surface area contributed by atoms with Crippen LogP contribution in [0.25, 0.3) is 0 Å². The Bertz CT molecular complexity index is 421. The first-order valence-corrected chi connectivity index (χ1v) is 6.82. The lowest BCUT2D eigenvalue weighted by molar-refractivity contribution is -0.0999. The van der Waals surface area contributed by atoms with Gasteiger partial charge in [0.15, 0.2) is 0 Å². The predicted molar refractivity (Wildman–Crippen MR) is 72.7 cm³/mol. The normalized spacial score (nSPS) is 19.6. The Morgan fingerprint density at radius 2 is 2.11 bits per heavy atom. The molecule has 0 bridgehead atoms. The van der Waals surface area contributed by atoms with Gasteiger partial charge in [-0.15, -0.1) is 0 Å². The van der Waals surface area contributed by atoms with Crippen LogP contribution in [0, 0.1) is 19.3 Å². The summed E-state index contributed by atoms with van der Waals surface area (Å²) in [7, 11) is 0. The average molecular weight is 251 g/mol. The zero-order valence-corrected chi connectivity index (χ0v) is 12.2. The van der Waals surface area contributed by atoms with Gasteiger partial charge in [0.2, 0.25) is 0 Å². The summed E-state index contributed by atoms with van der Waals surface area (Å²) < 4.78 is 7.37. The molecule has 0 spiro atoms. The molecule has 0 aliphatic carbocycles. The molecule has 18 heavy (non-hydrogen) atoms. The molecule has 102 valence electrons. The van der Waals surface area contributed by atoms with E-state index in [1.54, 1.807) is 0 Å². The van der Waals surface area contributed by atoms with Gasteiger partial charge in [-0.05, 0) is 27.7 Å². The van der Waals surface area contributed by atoms with Gasteiger partial charge >= 0.3 is 0 Å². The van der Waals surface area contributed by atoms with Crippen LogP contribution in [0.1, 0.15) is 43.8 Å². The van der Waals surface area contributed by atoms with Gasteiger partial charge in [-0.3, -0.25) is 4.68 Å². The Morgan fingerprint density at radius 3 is 2.56 bits per heavy atom. The van der Waals surface area contributed by atoms with Crippen molar-refractivity contribution < 1.29 is 4.74 Å². The zero-order valence-electron chi connectivity index (χ0n) is 12.2. The van der Waals surface area contributed by atoms with Gasteiger partial charge in [-0.2, -0.15) is 5.10 Å². The number of nitrogens with one attached hydrogen (secondary N) is 1. The van der Waals surface area contributed by atoms with Crippen molar-refractivity contribution in [3.63, 3.8) is 0 Å². The SMILES string of the molecule is CCn1nc(C)c(C(C)NCC2(C)COC2)c1C. The molecule has 1 aliphatic rings. The molecular weight excluding hydrogens is 226 g/mol. The van der Waals surface area contributed by atoms with Gasteiger partial charge in [-0.25, -0.2) is 0 Å². The van der Waals surface area contributed by atoms with E-state index < -0.39 is 0 Å². The van der Waals surface area contributed by atoms with E-state index in [0.717, 1.165) is 32.0 Å². The molecular formula is C14H25N3O. The molecule has 0 radical (unpaired) electrons. The summed E-state index contributed by atoms with van der Waals surface area (Å²) in [5.74, 6) is 0. The molecule has 4 heteroatoms. The molecule has 0 saturated carbocycles. The first-order chi connectivity index (χ1) is 8.47. The third-order valence-corrected chi connectivity index (χ3v) is 3.91. The summed E-state index contributed by atoms with van der Waals surface area (Å²) in [5, 5.41) is 8.21. The number of rotatable bonds is 5. The van der Waals surface area contributed by atoms with Gasteiger partial charge < -0.3 is 10.1 Å². The van der Waals surface area contributed by atoms with Gasteiger partial charge in [0.05, 0.1) is 18.9 Å². The largest absolute Gasteiger partial charge is 0.380 e. The van der Waals surface area contributed by atoms with Crippen molar-refractivity contribution in [1.29, 1.82) is 0 Å². The van der Waals surface area contributed by atoms with Crippen LogP contribution in [-0.4, -0.2) is 29.5 Å². The van der Waals surface area contributed by atoms with Crippen LogP contribution in [0.15, 0.2) is 0 Å². The van der Waals surface area contributed by atoms with Gasteiger partial charge in [0.1, 0.15) is 0 Å². The summed E-state index contributed by atoms with van der Waals surface area (Å²) in [5.41, 5.74) is 4.09. The second-order valence-electron chi connectivity index (χ2n) is 5.81. The fourth-order valence-corrected chi connectivity index (χ4v) is 2.70. The van der Waals surface area contributed by atoms with E-state index in [4.69, 9.17) is 4.74 Å². The molecule has 1 aromatic heterocycles. The number of nitrogens with zero attached hydrogens (tertiary/aromatic N) is 2. The molecule has 1 aliphatic heterocycles. The van der Waals surface area contributed by atoms with Crippen LogP contribution in [0.2, 0.25) is 0 Å². The summed E-state index contributed by atoms with van der Waals surface area (Å²) >= 11 is 0. The van der Waals surface area contributed by atoms with Crippen molar-refractivity contribution in [3.05, 3.63) is 17.0 Å². The molecule has 2 heterocycles. The zero-order chi connectivity index (χ0) is 13.3. The highest BCUT2D eigenvalue weighted by molar-refractivity contribution is 5.27. The minimum absolute atomic E-state index is 0.316. The summed E-state index contributed by atoms with van der Waals surface area (Å²) in [6.07, 6.45) is 0. The molecule has 1 atom stereocenters. The molecule has 1 aromatic rings. The first-order valence-electron chi connectivity index (χ1n) is 6.82. The van der Waals surface area contributed by atoms with Crippen LogP contribution in [0.5, 0.6) is 0 Å². The molecule has 1 unspecified atom stereocenters. The van der Waals surface area contributed by atoms with Crippen molar-refractivity contribution in [2.45, 2.75) is 47.2 Å². The fraction of sp³-hybridized carbons (Fsp3) is 0.786. The van der Waals surface area contributed by atoms with E-state index in [1.807, 2.05) is 0 Å². The molecule has 0 amide bonds. The Labute approximate surface area is 110 Å². The molecule has 2 rings (SSSR count). The van der Waals surface area contributed by atoms with Gasteiger partial charge in [-0.1, -0.05) is 6.92 Å². The molecule has 0 aromatic carbocycles. The molecule has 1 fully saturated rings. The number of aryl methyl sites for hydroxylation is 2. The predicted octanol–water partition coefficient (Wildman–Crippen LogP) is 2.21. The summed E-state index contributed by atoms with van der Waals surface area (Å²) in [6.45, 7) is 14.6. The Morgan fingerprint density at radius 1 is 1.44 bits per heavy atom. The second kappa shape index (κ2) is 5.02. The standard InChI is InChI=1S/C14H25N3O/c1-6-17-12(4)13(11(3)16-17)10(2)15-7-14(5)8-18-9-14/h10,15H,6-9H2,1-5H3. The highest BCUT2D eigenvalue weighted by Gasteiger charge is 2.33. The Balaban J connectivity index is 2.04. The van der Waals surface area contributed by atoms with Crippen molar-refractivity contribution in [2.75, 3.05) is 19.8 Å². The Hall–Kier alpha value is -0.870. The van der Waals surface area contributed by atoms with Gasteiger partial charge in [0.25, 0.3) is 0 Å². The molecule has 1 N–H and O–H groups in total. The monoisotopic (exact) mass is 251 g/mol. The number of aromatic nitrogens is 2. The van der Waals surface area contributed by atoms with Crippen molar-refractivity contribution >= 4 is 0 Å².